The first-order chi connectivity index (χ1) is 9.06. The van der Waals surface area contributed by atoms with Gasteiger partial charge in [-0.2, -0.15) is 0 Å². The lowest BCUT2D eigenvalue weighted by Gasteiger charge is -2.06. The molecule has 4 nitrogen and oxygen atoms in total. The number of esters is 1. The Morgan fingerprint density at radius 2 is 1.79 bits per heavy atom. The summed E-state index contributed by atoms with van der Waals surface area (Å²) in [5.74, 6) is -0.614. The number of ether oxygens (including phenoxy) is 1. The van der Waals surface area contributed by atoms with Gasteiger partial charge in [-0.25, -0.2) is 4.79 Å². The van der Waals surface area contributed by atoms with Gasteiger partial charge in [0.05, 0.1) is 0 Å². The van der Waals surface area contributed by atoms with Gasteiger partial charge in [0.1, 0.15) is 12.2 Å². The first kappa shape index (κ1) is 14.1. The van der Waals surface area contributed by atoms with E-state index in [1.165, 1.54) is 6.07 Å². The fourth-order valence-electron chi connectivity index (χ4n) is 1.30. The highest BCUT2D eigenvalue weighted by molar-refractivity contribution is 6.33. The molecule has 0 radical (unpaired) electrons. The molecule has 0 aliphatic rings. The van der Waals surface area contributed by atoms with Crippen LogP contribution in [0.4, 0.5) is 0 Å². The number of nitrogens with zero attached hydrogens (tertiary/aromatic N) is 2. The molecule has 2 rings (SSSR count). The third-order valence-electron chi connectivity index (χ3n) is 2.22. The monoisotopic (exact) mass is 316 g/mol. The second-order valence-electron chi connectivity index (χ2n) is 3.57. The molecule has 0 N–H and O–H groups in total. The van der Waals surface area contributed by atoms with Crippen LogP contribution in [0.25, 0.3) is 0 Å². The zero-order valence-corrected chi connectivity index (χ0v) is 11.7. The van der Waals surface area contributed by atoms with Crippen LogP contribution in [0.5, 0.6) is 0 Å². The molecule has 98 valence electrons. The zero-order valence-electron chi connectivity index (χ0n) is 9.44. The summed E-state index contributed by atoms with van der Waals surface area (Å²) < 4.78 is 5.10. The fraction of sp³-hybridized carbons (Fsp3) is 0.0833. The number of carbonyl (C=O) groups is 1. The molecule has 7 heteroatoms. The van der Waals surface area contributed by atoms with Crippen LogP contribution >= 0.6 is 34.8 Å². The van der Waals surface area contributed by atoms with Crippen molar-refractivity contribution < 1.29 is 9.53 Å². The average molecular weight is 318 g/mol. The van der Waals surface area contributed by atoms with Crippen molar-refractivity contribution in [1.29, 1.82) is 0 Å². The first-order valence-corrected chi connectivity index (χ1v) is 6.30. The summed E-state index contributed by atoms with van der Waals surface area (Å²) in [7, 11) is 0. The minimum Gasteiger partial charge on any atom is -0.457 e. The molecule has 0 fully saturated rings. The van der Waals surface area contributed by atoms with E-state index < -0.39 is 5.97 Å². The lowest BCUT2D eigenvalue weighted by molar-refractivity contribution is 0.0472. The minimum absolute atomic E-state index is 0.0505. The number of rotatable bonds is 3. The highest BCUT2D eigenvalue weighted by Gasteiger charge is 2.14. The number of carbonyl (C=O) groups excluding carboxylic acids is 1. The van der Waals surface area contributed by atoms with Gasteiger partial charge in [0.2, 0.25) is 0 Å². The zero-order chi connectivity index (χ0) is 13.8. The number of aromatic nitrogens is 2. The van der Waals surface area contributed by atoms with Gasteiger partial charge in [0, 0.05) is 5.02 Å². The van der Waals surface area contributed by atoms with E-state index in [0.717, 1.165) is 5.56 Å². The Labute approximate surface area is 124 Å². The number of hydrogen-bond acceptors (Lipinski definition) is 4. The van der Waals surface area contributed by atoms with Crippen molar-refractivity contribution in [2.45, 2.75) is 6.61 Å². The first-order valence-electron chi connectivity index (χ1n) is 5.16. The molecule has 0 saturated carbocycles. The Bertz CT molecular complexity index is 602. The molecule has 0 unspecified atom stereocenters. The molecule has 0 saturated heterocycles. The smallest absolute Gasteiger partial charge is 0.341 e. The summed E-state index contributed by atoms with van der Waals surface area (Å²) in [6.45, 7) is 0.103. The van der Waals surface area contributed by atoms with E-state index in [0.29, 0.717) is 5.02 Å². The van der Waals surface area contributed by atoms with Crippen LogP contribution in [-0.2, 0) is 11.3 Å². The molecule has 0 amide bonds. The topological polar surface area (TPSA) is 52.1 Å². The molecule has 19 heavy (non-hydrogen) atoms. The van der Waals surface area contributed by atoms with Crippen molar-refractivity contribution in [3.8, 4) is 0 Å². The predicted octanol–water partition coefficient (Wildman–Crippen LogP) is 3.79. The van der Waals surface area contributed by atoms with Crippen LogP contribution in [-0.4, -0.2) is 16.2 Å². The second kappa shape index (κ2) is 6.19. The maximum absolute atomic E-state index is 11.8. The molecule has 0 bridgehead atoms. The van der Waals surface area contributed by atoms with Crippen molar-refractivity contribution in [1.82, 2.24) is 10.2 Å². The van der Waals surface area contributed by atoms with Gasteiger partial charge in [-0.3, -0.25) is 0 Å². The van der Waals surface area contributed by atoms with E-state index >= 15 is 0 Å². The normalized spacial score (nSPS) is 10.3. The van der Waals surface area contributed by atoms with Crippen molar-refractivity contribution in [2.75, 3.05) is 0 Å². The molecule has 1 aromatic carbocycles. The van der Waals surface area contributed by atoms with Crippen LogP contribution in [0, 0.1) is 0 Å². The summed E-state index contributed by atoms with van der Waals surface area (Å²) in [4.78, 5) is 11.8. The quantitative estimate of drug-likeness (QED) is 0.808. The Balaban J connectivity index is 2.05. The van der Waals surface area contributed by atoms with E-state index in [-0.39, 0.29) is 22.5 Å². The predicted molar refractivity (Wildman–Crippen MR) is 72.6 cm³/mol. The van der Waals surface area contributed by atoms with E-state index in [9.17, 15) is 4.79 Å². The number of hydrogen-bond donors (Lipinski definition) is 0. The maximum Gasteiger partial charge on any atom is 0.341 e. The molecule has 1 aromatic heterocycles. The van der Waals surface area contributed by atoms with Crippen LogP contribution in [0.3, 0.4) is 0 Å². The molecule has 0 spiro atoms. The van der Waals surface area contributed by atoms with Gasteiger partial charge in [0.25, 0.3) is 0 Å². The Kier molecular flexibility index (Phi) is 4.58. The van der Waals surface area contributed by atoms with Crippen LogP contribution in [0.2, 0.25) is 15.3 Å². The highest BCUT2D eigenvalue weighted by Crippen LogP contribution is 2.17. The average Bonchev–Trinajstić information content (AvgIpc) is 2.40. The summed E-state index contributed by atoms with van der Waals surface area (Å²) >= 11 is 17.1. The van der Waals surface area contributed by atoms with Crippen molar-refractivity contribution in [2.24, 2.45) is 0 Å². The molecule has 0 aliphatic carbocycles. The molecular formula is C12H7Cl3N2O2. The van der Waals surface area contributed by atoms with Crippen LogP contribution in [0.15, 0.2) is 30.3 Å². The van der Waals surface area contributed by atoms with E-state index in [2.05, 4.69) is 10.2 Å². The van der Waals surface area contributed by atoms with Crippen LogP contribution in [0.1, 0.15) is 15.9 Å². The summed E-state index contributed by atoms with van der Waals surface area (Å²) in [5.41, 5.74) is 0.887. The Morgan fingerprint density at radius 1 is 1.11 bits per heavy atom. The summed E-state index contributed by atoms with van der Waals surface area (Å²) in [5, 5.41) is 7.68. The van der Waals surface area contributed by atoms with Gasteiger partial charge in [-0.1, -0.05) is 46.9 Å². The summed E-state index contributed by atoms with van der Waals surface area (Å²) in [6.07, 6.45) is 0. The third-order valence-corrected chi connectivity index (χ3v) is 2.94. The van der Waals surface area contributed by atoms with Gasteiger partial charge in [0.15, 0.2) is 10.3 Å². The van der Waals surface area contributed by atoms with Crippen molar-refractivity contribution in [3.05, 3.63) is 56.8 Å². The lowest BCUT2D eigenvalue weighted by atomic mass is 10.2. The Hall–Kier alpha value is -1.36. The van der Waals surface area contributed by atoms with Gasteiger partial charge in [-0.15, -0.1) is 10.2 Å². The van der Waals surface area contributed by atoms with Crippen molar-refractivity contribution >= 4 is 40.8 Å². The van der Waals surface area contributed by atoms with E-state index in [1.807, 2.05) is 0 Å². The lowest BCUT2D eigenvalue weighted by Crippen LogP contribution is -2.07. The van der Waals surface area contributed by atoms with Gasteiger partial charge < -0.3 is 4.74 Å². The fourth-order valence-corrected chi connectivity index (χ4v) is 1.75. The van der Waals surface area contributed by atoms with Gasteiger partial charge in [-0.05, 0) is 23.8 Å². The molecule has 0 aliphatic heterocycles. The van der Waals surface area contributed by atoms with E-state index in [4.69, 9.17) is 39.5 Å². The largest absolute Gasteiger partial charge is 0.457 e. The van der Waals surface area contributed by atoms with E-state index in [1.54, 1.807) is 24.3 Å². The third kappa shape index (κ3) is 3.80. The number of benzene rings is 1. The molecule has 2 aromatic rings. The second-order valence-corrected chi connectivity index (χ2v) is 4.76. The van der Waals surface area contributed by atoms with Gasteiger partial charge >= 0.3 is 5.97 Å². The summed E-state index contributed by atoms with van der Waals surface area (Å²) in [6, 6.07) is 8.25. The number of halogens is 3. The Morgan fingerprint density at radius 3 is 2.47 bits per heavy atom. The molecule has 0 atom stereocenters. The molecular weight excluding hydrogens is 311 g/mol. The maximum atomic E-state index is 11.8. The molecule has 1 heterocycles. The SMILES string of the molecule is O=C(OCc1ccc(Cl)cc1)c1cc(Cl)nnc1Cl. The van der Waals surface area contributed by atoms with Crippen molar-refractivity contribution in [3.63, 3.8) is 0 Å². The van der Waals surface area contributed by atoms with Crippen LogP contribution < -0.4 is 0 Å². The standard InChI is InChI=1S/C12H7Cl3N2O2/c13-8-3-1-7(2-4-8)6-19-12(18)9-5-10(14)16-17-11(9)15/h1-5H,6H2. The highest BCUT2D eigenvalue weighted by atomic mass is 35.5. The minimum atomic E-state index is -0.614.